The summed E-state index contributed by atoms with van der Waals surface area (Å²) >= 11 is 2.86. The second-order valence-corrected chi connectivity index (χ2v) is 8.68. The highest BCUT2D eigenvalue weighted by molar-refractivity contribution is 7.14. The maximum absolute atomic E-state index is 12.8. The summed E-state index contributed by atoms with van der Waals surface area (Å²) in [7, 11) is 1.55. The SMILES string of the molecule is CCOC(=O)C1=C(COC(=O)c2csc(-c3ccsc3)n2)NC(=O)NC1c1ccc(OC)cc1. The molecule has 4 rings (SSSR count). The monoisotopic (exact) mass is 499 g/mol. The number of ether oxygens (including phenoxy) is 3. The van der Waals surface area contributed by atoms with Crippen LogP contribution in [0.4, 0.5) is 4.79 Å². The van der Waals surface area contributed by atoms with Crippen LogP contribution in [0.2, 0.25) is 0 Å². The molecule has 9 nitrogen and oxygen atoms in total. The van der Waals surface area contributed by atoms with Crippen LogP contribution in [0.1, 0.15) is 29.0 Å². The van der Waals surface area contributed by atoms with E-state index in [0.717, 1.165) is 5.56 Å². The minimum Gasteiger partial charge on any atom is -0.497 e. The molecule has 1 aliphatic heterocycles. The van der Waals surface area contributed by atoms with Gasteiger partial charge in [-0.05, 0) is 36.1 Å². The number of esters is 2. The van der Waals surface area contributed by atoms with Crippen LogP contribution in [0, 0.1) is 0 Å². The number of hydrogen-bond acceptors (Lipinski definition) is 9. The molecule has 176 valence electrons. The lowest BCUT2D eigenvalue weighted by molar-refractivity contribution is -0.139. The zero-order valence-corrected chi connectivity index (χ0v) is 20.0. The molecule has 1 unspecified atom stereocenters. The summed E-state index contributed by atoms with van der Waals surface area (Å²) in [5, 5.41) is 11.5. The Bertz CT molecular complexity index is 1220. The van der Waals surface area contributed by atoms with Gasteiger partial charge in [0.25, 0.3) is 0 Å². The van der Waals surface area contributed by atoms with Gasteiger partial charge in [0.15, 0.2) is 5.69 Å². The molecule has 2 N–H and O–H groups in total. The maximum atomic E-state index is 12.8. The number of rotatable bonds is 8. The second-order valence-electron chi connectivity index (χ2n) is 7.04. The lowest BCUT2D eigenvalue weighted by atomic mass is 9.95. The molecule has 11 heteroatoms. The van der Waals surface area contributed by atoms with Crippen LogP contribution in [0.5, 0.6) is 5.75 Å². The first-order chi connectivity index (χ1) is 16.5. The van der Waals surface area contributed by atoms with E-state index in [4.69, 9.17) is 14.2 Å². The van der Waals surface area contributed by atoms with E-state index in [1.165, 1.54) is 22.7 Å². The number of carbonyl (C=O) groups excluding carboxylic acids is 3. The summed E-state index contributed by atoms with van der Waals surface area (Å²) in [6, 6.07) is 7.50. The Morgan fingerprint density at radius 2 is 1.88 bits per heavy atom. The number of aromatic nitrogens is 1. The van der Waals surface area contributed by atoms with Crippen molar-refractivity contribution < 1.29 is 28.6 Å². The van der Waals surface area contributed by atoms with E-state index in [-0.39, 0.29) is 30.2 Å². The van der Waals surface area contributed by atoms with E-state index in [1.54, 1.807) is 43.7 Å². The molecule has 0 radical (unpaired) electrons. The highest BCUT2D eigenvalue weighted by Crippen LogP contribution is 2.30. The molecule has 0 spiro atoms. The first-order valence-corrected chi connectivity index (χ1v) is 12.1. The lowest BCUT2D eigenvalue weighted by Gasteiger charge is -2.29. The zero-order valence-electron chi connectivity index (χ0n) is 18.3. The number of urea groups is 1. The van der Waals surface area contributed by atoms with Gasteiger partial charge < -0.3 is 24.8 Å². The Labute approximate surface area is 203 Å². The Hall–Kier alpha value is -3.70. The maximum Gasteiger partial charge on any atom is 0.358 e. The average molecular weight is 500 g/mol. The van der Waals surface area contributed by atoms with Crippen LogP contribution >= 0.6 is 22.7 Å². The predicted molar refractivity (Wildman–Crippen MR) is 127 cm³/mol. The van der Waals surface area contributed by atoms with E-state index in [1.807, 2.05) is 16.8 Å². The van der Waals surface area contributed by atoms with Crippen molar-refractivity contribution in [1.82, 2.24) is 15.6 Å². The third kappa shape index (κ3) is 5.10. The number of thiazole rings is 1. The van der Waals surface area contributed by atoms with E-state index in [0.29, 0.717) is 16.3 Å². The normalized spacial score (nSPS) is 15.4. The number of benzene rings is 1. The molecular weight excluding hydrogens is 478 g/mol. The topological polar surface area (TPSA) is 116 Å². The summed E-state index contributed by atoms with van der Waals surface area (Å²) in [6.07, 6.45) is 0. The fourth-order valence-corrected chi connectivity index (χ4v) is 4.83. The Balaban J connectivity index is 1.58. The van der Waals surface area contributed by atoms with E-state index >= 15 is 0 Å². The summed E-state index contributed by atoms with van der Waals surface area (Å²) in [4.78, 5) is 42.1. The van der Waals surface area contributed by atoms with Crippen LogP contribution in [0.15, 0.2) is 57.7 Å². The number of methoxy groups -OCH3 is 1. The van der Waals surface area contributed by atoms with Gasteiger partial charge >= 0.3 is 18.0 Å². The zero-order chi connectivity index (χ0) is 24.1. The Kier molecular flexibility index (Phi) is 7.24. The molecule has 0 bridgehead atoms. The Morgan fingerprint density at radius 1 is 1.09 bits per heavy atom. The molecule has 0 saturated carbocycles. The van der Waals surface area contributed by atoms with Gasteiger partial charge in [-0.15, -0.1) is 11.3 Å². The van der Waals surface area contributed by atoms with Gasteiger partial charge in [-0.1, -0.05) is 12.1 Å². The van der Waals surface area contributed by atoms with Gasteiger partial charge in [-0.3, -0.25) is 0 Å². The third-order valence-corrected chi connectivity index (χ3v) is 6.50. The molecule has 2 amide bonds. The van der Waals surface area contributed by atoms with Crippen molar-refractivity contribution in [3.8, 4) is 16.3 Å². The standard InChI is InChI=1S/C23H21N3O6S2/c1-3-31-22(28)18-16(25-23(29)26-19(18)13-4-6-15(30-2)7-5-13)10-32-21(27)17-12-34-20(24-17)14-8-9-33-11-14/h4-9,11-12,19H,3,10H2,1-2H3,(H2,25,26,29). The summed E-state index contributed by atoms with van der Waals surface area (Å²) in [5.41, 5.74) is 2.01. The van der Waals surface area contributed by atoms with Gasteiger partial charge in [0.1, 0.15) is 17.4 Å². The van der Waals surface area contributed by atoms with Crippen molar-refractivity contribution in [1.29, 1.82) is 0 Å². The highest BCUT2D eigenvalue weighted by atomic mass is 32.1. The number of thiophene rings is 1. The van der Waals surface area contributed by atoms with Crippen LogP contribution < -0.4 is 15.4 Å². The van der Waals surface area contributed by atoms with Crippen molar-refractivity contribution >= 4 is 40.6 Å². The van der Waals surface area contributed by atoms with Crippen LogP contribution in [0.25, 0.3) is 10.6 Å². The van der Waals surface area contributed by atoms with E-state index in [9.17, 15) is 14.4 Å². The molecule has 3 aromatic rings. The van der Waals surface area contributed by atoms with Crippen LogP contribution in [-0.4, -0.2) is 43.3 Å². The quantitative estimate of drug-likeness (QED) is 0.452. The molecule has 0 fully saturated rings. The first-order valence-electron chi connectivity index (χ1n) is 10.3. The van der Waals surface area contributed by atoms with Crippen LogP contribution in [-0.2, 0) is 14.3 Å². The third-order valence-electron chi connectivity index (χ3n) is 4.93. The van der Waals surface area contributed by atoms with Crippen LogP contribution in [0.3, 0.4) is 0 Å². The fourth-order valence-electron chi connectivity index (χ4n) is 3.33. The summed E-state index contributed by atoms with van der Waals surface area (Å²) < 4.78 is 15.8. The summed E-state index contributed by atoms with van der Waals surface area (Å²) in [5.74, 6) is -0.664. The lowest BCUT2D eigenvalue weighted by Crippen LogP contribution is -2.47. The number of nitrogens with zero attached hydrogens (tertiary/aromatic N) is 1. The van der Waals surface area contributed by atoms with Gasteiger partial charge in [-0.25, -0.2) is 19.4 Å². The minimum absolute atomic E-state index is 0.142. The molecule has 3 heterocycles. The number of hydrogen-bond donors (Lipinski definition) is 2. The molecule has 0 aliphatic carbocycles. The molecule has 2 aromatic heterocycles. The van der Waals surface area contributed by atoms with E-state index in [2.05, 4.69) is 15.6 Å². The second kappa shape index (κ2) is 10.5. The van der Waals surface area contributed by atoms with Gasteiger partial charge in [0.05, 0.1) is 31.0 Å². The van der Waals surface area contributed by atoms with Crippen molar-refractivity contribution in [2.45, 2.75) is 13.0 Å². The molecular formula is C23H21N3O6S2. The molecule has 0 saturated heterocycles. The number of amides is 2. The van der Waals surface area contributed by atoms with Gasteiger partial charge in [-0.2, -0.15) is 11.3 Å². The van der Waals surface area contributed by atoms with Crippen molar-refractivity contribution in [2.75, 3.05) is 20.3 Å². The molecule has 34 heavy (non-hydrogen) atoms. The largest absolute Gasteiger partial charge is 0.497 e. The Morgan fingerprint density at radius 3 is 2.56 bits per heavy atom. The molecule has 1 atom stereocenters. The van der Waals surface area contributed by atoms with Crippen molar-refractivity contribution in [2.24, 2.45) is 0 Å². The van der Waals surface area contributed by atoms with Gasteiger partial charge in [0.2, 0.25) is 0 Å². The fraction of sp³-hybridized carbons (Fsp3) is 0.217. The molecule has 1 aromatic carbocycles. The average Bonchev–Trinajstić information content (AvgIpc) is 3.54. The van der Waals surface area contributed by atoms with Gasteiger partial charge in [0, 0.05) is 16.3 Å². The summed E-state index contributed by atoms with van der Waals surface area (Å²) in [6.45, 7) is 1.49. The van der Waals surface area contributed by atoms with Crippen molar-refractivity contribution in [3.05, 3.63) is 69.0 Å². The highest BCUT2D eigenvalue weighted by Gasteiger charge is 2.34. The van der Waals surface area contributed by atoms with E-state index < -0.39 is 24.0 Å². The minimum atomic E-state index is -0.795. The number of carbonyl (C=O) groups is 3. The predicted octanol–water partition coefficient (Wildman–Crippen LogP) is 3.91. The first kappa shape index (κ1) is 23.5. The molecule has 1 aliphatic rings. The smallest absolute Gasteiger partial charge is 0.358 e. The number of nitrogens with one attached hydrogen (secondary N) is 2. The van der Waals surface area contributed by atoms with Crippen molar-refractivity contribution in [3.63, 3.8) is 0 Å².